The van der Waals surface area contributed by atoms with Gasteiger partial charge in [-0.3, -0.25) is 14.4 Å². The smallest absolute Gasteiger partial charge is 0.341 e. The zero-order valence-electron chi connectivity index (χ0n) is 17.9. The summed E-state index contributed by atoms with van der Waals surface area (Å²) < 4.78 is 6.74. The first kappa shape index (κ1) is 21.7. The van der Waals surface area contributed by atoms with Crippen molar-refractivity contribution in [3.63, 3.8) is 0 Å². The summed E-state index contributed by atoms with van der Waals surface area (Å²) in [6, 6.07) is 7.89. The van der Waals surface area contributed by atoms with Crippen LogP contribution in [-0.4, -0.2) is 47.3 Å². The summed E-state index contributed by atoms with van der Waals surface area (Å²) in [4.78, 5) is 27.0. The maximum absolute atomic E-state index is 12.6. The Bertz CT molecular complexity index is 1050. The van der Waals surface area contributed by atoms with Crippen molar-refractivity contribution < 1.29 is 14.3 Å². The molecule has 3 rings (SSSR count). The SMILES string of the molecule is COC(=O)c1c(-c2ccc(C)cc2)csc1NC(=O)CN(C)Cc1cn(C)nc1C. The Labute approximate surface area is 180 Å². The van der Waals surface area contributed by atoms with E-state index in [0.717, 1.165) is 27.9 Å². The minimum absolute atomic E-state index is 0.187. The first-order valence-corrected chi connectivity index (χ1v) is 10.4. The molecule has 2 heterocycles. The predicted molar refractivity (Wildman–Crippen MR) is 119 cm³/mol. The topological polar surface area (TPSA) is 76.5 Å². The largest absolute Gasteiger partial charge is 0.465 e. The van der Waals surface area contributed by atoms with Crippen molar-refractivity contribution in [1.82, 2.24) is 14.7 Å². The van der Waals surface area contributed by atoms with E-state index in [1.807, 2.05) is 68.7 Å². The van der Waals surface area contributed by atoms with Crippen LogP contribution in [0.15, 0.2) is 35.8 Å². The van der Waals surface area contributed by atoms with Crippen LogP contribution in [0.2, 0.25) is 0 Å². The number of carbonyl (C=O) groups is 2. The number of benzene rings is 1. The second-order valence-electron chi connectivity index (χ2n) is 7.34. The molecule has 0 atom stereocenters. The van der Waals surface area contributed by atoms with E-state index in [-0.39, 0.29) is 12.5 Å². The van der Waals surface area contributed by atoms with Crippen molar-refractivity contribution in [1.29, 1.82) is 0 Å². The number of amides is 1. The van der Waals surface area contributed by atoms with Crippen molar-refractivity contribution in [2.75, 3.05) is 26.0 Å². The molecule has 0 saturated heterocycles. The molecule has 2 aromatic heterocycles. The molecular formula is C22H26N4O3S. The Kier molecular flexibility index (Phi) is 6.69. The number of rotatable bonds is 7. The number of methoxy groups -OCH3 is 1. The number of hydrogen-bond acceptors (Lipinski definition) is 6. The van der Waals surface area contributed by atoms with Gasteiger partial charge < -0.3 is 10.1 Å². The first-order chi connectivity index (χ1) is 14.3. The highest BCUT2D eigenvalue weighted by atomic mass is 32.1. The van der Waals surface area contributed by atoms with E-state index >= 15 is 0 Å². The molecular weight excluding hydrogens is 400 g/mol. The molecule has 0 radical (unpaired) electrons. The maximum atomic E-state index is 12.6. The van der Waals surface area contributed by atoms with Gasteiger partial charge in [-0.2, -0.15) is 5.10 Å². The Morgan fingerprint density at radius 1 is 1.23 bits per heavy atom. The molecule has 0 saturated carbocycles. The van der Waals surface area contributed by atoms with Crippen LogP contribution in [0.4, 0.5) is 5.00 Å². The number of aromatic nitrogens is 2. The van der Waals surface area contributed by atoms with E-state index in [1.54, 1.807) is 4.68 Å². The molecule has 0 aliphatic rings. The Morgan fingerprint density at radius 2 is 1.93 bits per heavy atom. The molecule has 0 unspecified atom stereocenters. The second-order valence-corrected chi connectivity index (χ2v) is 8.22. The zero-order valence-corrected chi connectivity index (χ0v) is 18.7. The molecule has 0 aliphatic carbocycles. The van der Waals surface area contributed by atoms with Crippen LogP contribution >= 0.6 is 11.3 Å². The van der Waals surface area contributed by atoms with Crippen LogP contribution in [0, 0.1) is 13.8 Å². The maximum Gasteiger partial charge on any atom is 0.341 e. The van der Waals surface area contributed by atoms with Gasteiger partial charge in [0.15, 0.2) is 0 Å². The van der Waals surface area contributed by atoms with Gasteiger partial charge >= 0.3 is 5.97 Å². The summed E-state index contributed by atoms with van der Waals surface area (Å²) in [7, 11) is 5.09. The number of anilines is 1. The van der Waals surface area contributed by atoms with Crippen LogP contribution in [0.1, 0.15) is 27.2 Å². The molecule has 0 fully saturated rings. The molecule has 0 spiro atoms. The summed E-state index contributed by atoms with van der Waals surface area (Å²) in [6.45, 7) is 4.75. The molecule has 0 bridgehead atoms. The van der Waals surface area contributed by atoms with E-state index in [9.17, 15) is 9.59 Å². The standard InChI is InChI=1S/C22H26N4O3S/c1-14-6-8-16(9-7-14)18-13-30-21(20(18)22(28)29-5)23-19(27)12-25(3)10-17-11-26(4)24-15(17)2/h6-9,11,13H,10,12H2,1-5H3,(H,23,27). The lowest BCUT2D eigenvalue weighted by Gasteiger charge is -2.16. The number of nitrogens with zero attached hydrogens (tertiary/aromatic N) is 3. The van der Waals surface area contributed by atoms with Gasteiger partial charge in [-0.15, -0.1) is 11.3 Å². The number of likely N-dealkylation sites (N-methyl/N-ethyl adjacent to an activating group) is 1. The van der Waals surface area contributed by atoms with Gasteiger partial charge in [0, 0.05) is 36.3 Å². The third-order valence-corrected chi connectivity index (χ3v) is 5.66. The van der Waals surface area contributed by atoms with Crippen LogP contribution in [0.25, 0.3) is 11.1 Å². The monoisotopic (exact) mass is 426 g/mol. The van der Waals surface area contributed by atoms with Gasteiger partial charge in [-0.25, -0.2) is 4.79 Å². The molecule has 8 heteroatoms. The van der Waals surface area contributed by atoms with Gasteiger partial charge in [-0.05, 0) is 26.5 Å². The molecule has 1 amide bonds. The fourth-order valence-corrected chi connectivity index (χ4v) is 4.24. The molecule has 0 aliphatic heterocycles. The summed E-state index contributed by atoms with van der Waals surface area (Å²) in [6.07, 6.45) is 1.95. The highest BCUT2D eigenvalue weighted by Gasteiger charge is 2.22. The first-order valence-electron chi connectivity index (χ1n) is 9.52. The second kappa shape index (κ2) is 9.23. The van der Waals surface area contributed by atoms with E-state index in [4.69, 9.17) is 4.74 Å². The quantitative estimate of drug-likeness (QED) is 0.584. The van der Waals surface area contributed by atoms with Crippen LogP contribution < -0.4 is 5.32 Å². The summed E-state index contributed by atoms with van der Waals surface area (Å²) in [5.74, 6) is -0.664. The van der Waals surface area contributed by atoms with Crippen molar-refractivity contribution >= 4 is 28.2 Å². The van der Waals surface area contributed by atoms with E-state index in [1.165, 1.54) is 18.4 Å². The lowest BCUT2D eigenvalue weighted by Crippen LogP contribution is -2.30. The van der Waals surface area contributed by atoms with Gasteiger partial charge in [0.05, 0.1) is 19.3 Å². The fourth-order valence-electron chi connectivity index (χ4n) is 3.26. The number of carbonyl (C=O) groups excluding carboxylic acids is 2. The van der Waals surface area contributed by atoms with Gasteiger partial charge in [-0.1, -0.05) is 29.8 Å². The van der Waals surface area contributed by atoms with E-state index in [0.29, 0.717) is 17.1 Å². The summed E-state index contributed by atoms with van der Waals surface area (Å²) in [5, 5.41) is 9.57. The number of thiophene rings is 1. The zero-order chi connectivity index (χ0) is 21.8. The van der Waals surface area contributed by atoms with E-state index in [2.05, 4.69) is 10.4 Å². The van der Waals surface area contributed by atoms with Gasteiger partial charge in [0.2, 0.25) is 5.91 Å². The minimum Gasteiger partial charge on any atom is -0.465 e. The van der Waals surface area contributed by atoms with E-state index < -0.39 is 5.97 Å². The Morgan fingerprint density at radius 3 is 2.53 bits per heavy atom. The third-order valence-electron chi connectivity index (χ3n) is 4.76. The predicted octanol–water partition coefficient (Wildman–Crippen LogP) is 3.62. The lowest BCUT2D eigenvalue weighted by molar-refractivity contribution is -0.117. The van der Waals surface area contributed by atoms with Crippen LogP contribution in [-0.2, 0) is 23.1 Å². The molecule has 30 heavy (non-hydrogen) atoms. The van der Waals surface area contributed by atoms with Crippen LogP contribution in [0.3, 0.4) is 0 Å². The summed E-state index contributed by atoms with van der Waals surface area (Å²) in [5.41, 5.74) is 5.18. The Balaban J connectivity index is 1.75. The molecule has 7 nitrogen and oxygen atoms in total. The molecule has 158 valence electrons. The summed E-state index contributed by atoms with van der Waals surface area (Å²) >= 11 is 1.32. The van der Waals surface area contributed by atoms with Gasteiger partial charge in [0.25, 0.3) is 0 Å². The number of ether oxygens (including phenoxy) is 1. The average Bonchev–Trinajstić information content (AvgIpc) is 3.24. The average molecular weight is 427 g/mol. The van der Waals surface area contributed by atoms with Crippen molar-refractivity contribution in [2.45, 2.75) is 20.4 Å². The third kappa shape index (κ3) is 4.95. The number of hydrogen-bond donors (Lipinski definition) is 1. The van der Waals surface area contributed by atoms with Crippen molar-refractivity contribution in [3.8, 4) is 11.1 Å². The highest BCUT2D eigenvalue weighted by molar-refractivity contribution is 7.15. The molecule has 3 aromatic rings. The Hall–Kier alpha value is -2.97. The lowest BCUT2D eigenvalue weighted by atomic mass is 10.0. The number of esters is 1. The normalized spacial score (nSPS) is 11.0. The minimum atomic E-state index is -0.471. The number of nitrogens with one attached hydrogen (secondary N) is 1. The highest BCUT2D eigenvalue weighted by Crippen LogP contribution is 2.36. The fraction of sp³-hybridized carbons (Fsp3) is 0.318. The molecule has 1 N–H and O–H groups in total. The molecule has 1 aromatic carbocycles. The van der Waals surface area contributed by atoms with Gasteiger partial charge in [0.1, 0.15) is 10.6 Å². The number of aryl methyl sites for hydroxylation is 3. The van der Waals surface area contributed by atoms with Crippen LogP contribution in [0.5, 0.6) is 0 Å². The van der Waals surface area contributed by atoms with Crippen molar-refractivity contribution in [3.05, 3.63) is 58.2 Å². The van der Waals surface area contributed by atoms with Crippen molar-refractivity contribution in [2.24, 2.45) is 7.05 Å².